The molecule has 0 aliphatic carbocycles. The van der Waals surface area contributed by atoms with E-state index in [0.717, 1.165) is 0 Å². The minimum Gasteiger partial charge on any atom is -0.349 e. The van der Waals surface area contributed by atoms with Crippen molar-refractivity contribution in [3.05, 3.63) is 18.2 Å². The van der Waals surface area contributed by atoms with Crippen LogP contribution in [0.3, 0.4) is 0 Å². The van der Waals surface area contributed by atoms with E-state index in [1.165, 1.54) is 0 Å². The van der Waals surface area contributed by atoms with Crippen molar-refractivity contribution in [3.63, 3.8) is 0 Å². The van der Waals surface area contributed by atoms with Gasteiger partial charge in [0, 0.05) is 25.4 Å². The predicted octanol–water partition coefficient (Wildman–Crippen LogP) is 0.814. The second-order valence-electron chi connectivity index (χ2n) is 3.01. The van der Waals surface area contributed by atoms with Crippen molar-refractivity contribution in [3.8, 4) is 0 Å². The van der Waals surface area contributed by atoms with E-state index in [2.05, 4.69) is 15.3 Å². The third-order valence-corrected chi connectivity index (χ3v) is 1.65. The maximum atomic E-state index is 11.7. The van der Waals surface area contributed by atoms with Crippen molar-refractivity contribution in [2.45, 2.75) is 12.6 Å². The number of aromatic nitrogens is 2. The average Bonchev–Trinajstić information content (AvgIpc) is 2.66. The number of carbonyl (C=O) groups excluding carboxylic acids is 1. The number of imidazole rings is 1. The normalized spacial score (nSPS) is 11.2. The molecular formula is C8H11F3N4O. The number of halogens is 3. The van der Waals surface area contributed by atoms with Gasteiger partial charge in [-0.1, -0.05) is 0 Å². The number of aromatic amines is 1. The number of nitrogens with zero attached hydrogens (tertiary/aromatic N) is 1. The minimum atomic E-state index is -4.39. The molecule has 0 fully saturated rings. The third-order valence-electron chi connectivity index (χ3n) is 1.65. The number of urea groups is 1. The number of nitrogens with one attached hydrogen (secondary N) is 3. The highest BCUT2D eigenvalue weighted by Gasteiger charge is 2.27. The maximum absolute atomic E-state index is 11.7. The summed E-state index contributed by atoms with van der Waals surface area (Å²) in [5.74, 6) is 0.663. The van der Waals surface area contributed by atoms with E-state index in [4.69, 9.17) is 0 Å². The van der Waals surface area contributed by atoms with Crippen LogP contribution in [0.2, 0.25) is 0 Å². The summed E-state index contributed by atoms with van der Waals surface area (Å²) >= 11 is 0. The van der Waals surface area contributed by atoms with Crippen molar-refractivity contribution in [2.75, 3.05) is 13.1 Å². The topological polar surface area (TPSA) is 69.8 Å². The fourth-order valence-corrected chi connectivity index (χ4v) is 0.972. The quantitative estimate of drug-likeness (QED) is 0.724. The second kappa shape index (κ2) is 5.38. The predicted molar refractivity (Wildman–Crippen MR) is 49.7 cm³/mol. The Labute approximate surface area is 89.4 Å². The highest BCUT2D eigenvalue weighted by Crippen LogP contribution is 2.11. The number of hydrogen-bond donors (Lipinski definition) is 3. The fourth-order valence-electron chi connectivity index (χ4n) is 0.972. The molecule has 16 heavy (non-hydrogen) atoms. The van der Waals surface area contributed by atoms with Crippen LogP contribution < -0.4 is 10.6 Å². The molecule has 8 heteroatoms. The molecule has 0 aromatic carbocycles. The molecule has 0 spiro atoms. The SMILES string of the molecule is O=C(NCCc1ncc[nH]1)NCC(F)(F)F. The van der Waals surface area contributed by atoms with Gasteiger partial charge in [-0.25, -0.2) is 9.78 Å². The van der Waals surface area contributed by atoms with Gasteiger partial charge in [-0.2, -0.15) is 13.2 Å². The fraction of sp³-hybridized carbons (Fsp3) is 0.500. The van der Waals surface area contributed by atoms with Crippen LogP contribution in [0.1, 0.15) is 5.82 Å². The Morgan fingerprint density at radius 1 is 1.44 bits per heavy atom. The van der Waals surface area contributed by atoms with E-state index in [1.807, 2.05) is 0 Å². The Balaban J connectivity index is 2.11. The molecule has 0 atom stereocenters. The van der Waals surface area contributed by atoms with E-state index >= 15 is 0 Å². The zero-order valence-electron chi connectivity index (χ0n) is 8.27. The third kappa shape index (κ3) is 5.23. The molecule has 3 N–H and O–H groups in total. The van der Waals surface area contributed by atoms with Crippen molar-refractivity contribution >= 4 is 6.03 Å². The Morgan fingerprint density at radius 3 is 2.75 bits per heavy atom. The highest BCUT2D eigenvalue weighted by molar-refractivity contribution is 5.73. The van der Waals surface area contributed by atoms with Gasteiger partial charge >= 0.3 is 12.2 Å². The molecule has 5 nitrogen and oxygen atoms in total. The summed E-state index contributed by atoms with van der Waals surface area (Å²) in [6.45, 7) is -1.11. The van der Waals surface area contributed by atoms with Crippen LogP contribution >= 0.6 is 0 Å². The van der Waals surface area contributed by atoms with Gasteiger partial charge in [-0.05, 0) is 0 Å². The minimum absolute atomic E-state index is 0.219. The molecule has 1 heterocycles. The maximum Gasteiger partial charge on any atom is 0.405 e. The Bertz CT molecular complexity index is 323. The number of carbonyl (C=O) groups is 1. The lowest BCUT2D eigenvalue weighted by molar-refractivity contribution is -0.122. The molecule has 0 aliphatic heterocycles. The van der Waals surface area contributed by atoms with Crippen molar-refractivity contribution in [1.82, 2.24) is 20.6 Å². The first kappa shape index (κ1) is 12.3. The van der Waals surface area contributed by atoms with Gasteiger partial charge in [0.2, 0.25) is 0 Å². The lowest BCUT2D eigenvalue weighted by atomic mass is 10.4. The summed E-state index contributed by atoms with van der Waals surface area (Å²) in [4.78, 5) is 17.6. The van der Waals surface area contributed by atoms with Gasteiger partial charge < -0.3 is 15.6 Å². The lowest BCUT2D eigenvalue weighted by Crippen LogP contribution is -2.41. The first-order chi connectivity index (χ1) is 7.47. The van der Waals surface area contributed by atoms with Crippen LogP contribution in [0.25, 0.3) is 0 Å². The van der Waals surface area contributed by atoms with Crippen LogP contribution in [0.5, 0.6) is 0 Å². The van der Waals surface area contributed by atoms with Gasteiger partial charge in [-0.3, -0.25) is 0 Å². The van der Waals surface area contributed by atoms with Crippen molar-refractivity contribution in [1.29, 1.82) is 0 Å². The van der Waals surface area contributed by atoms with E-state index in [9.17, 15) is 18.0 Å². The number of rotatable bonds is 4. The van der Waals surface area contributed by atoms with Crippen LogP contribution in [-0.4, -0.2) is 35.3 Å². The summed E-state index contributed by atoms with van der Waals surface area (Å²) in [6, 6.07) is -0.844. The number of hydrogen-bond acceptors (Lipinski definition) is 2. The molecule has 1 aromatic heterocycles. The van der Waals surface area contributed by atoms with E-state index in [0.29, 0.717) is 12.2 Å². The van der Waals surface area contributed by atoms with E-state index in [1.54, 1.807) is 17.7 Å². The average molecular weight is 236 g/mol. The van der Waals surface area contributed by atoms with Crippen molar-refractivity contribution in [2.24, 2.45) is 0 Å². The second-order valence-corrected chi connectivity index (χ2v) is 3.01. The van der Waals surface area contributed by atoms with E-state index in [-0.39, 0.29) is 6.54 Å². The smallest absolute Gasteiger partial charge is 0.349 e. The summed E-state index contributed by atoms with van der Waals surface area (Å²) < 4.78 is 35.1. The summed E-state index contributed by atoms with van der Waals surface area (Å²) in [5.41, 5.74) is 0. The molecule has 0 saturated heterocycles. The first-order valence-electron chi connectivity index (χ1n) is 4.54. The summed E-state index contributed by atoms with van der Waals surface area (Å²) in [6.07, 6.45) is -0.775. The molecular weight excluding hydrogens is 225 g/mol. The standard InChI is InChI=1S/C8H11F3N4O/c9-8(10,11)5-15-7(16)14-2-1-6-12-3-4-13-6/h3-4H,1-2,5H2,(H,12,13)(H2,14,15,16). The van der Waals surface area contributed by atoms with Crippen molar-refractivity contribution < 1.29 is 18.0 Å². The van der Waals surface area contributed by atoms with E-state index < -0.39 is 18.8 Å². The monoisotopic (exact) mass is 236 g/mol. The van der Waals surface area contributed by atoms with Gasteiger partial charge in [0.15, 0.2) is 0 Å². The largest absolute Gasteiger partial charge is 0.405 e. The number of alkyl halides is 3. The van der Waals surface area contributed by atoms with Gasteiger partial charge in [0.05, 0.1) is 0 Å². The number of amides is 2. The molecule has 0 unspecified atom stereocenters. The zero-order valence-corrected chi connectivity index (χ0v) is 8.27. The molecule has 0 bridgehead atoms. The highest BCUT2D eigenvalue weighted by atomic mass is 19.4. The molecule has 0 saturated carbocycles. The summed E-state index contributed by atoms with van der Waals surface area (Å²) in [7, 11) is 0. The molecule has 1 rings (SSSR count). The molecule has 2 amide bonds. The Hall–Kier alpha value is -1.73. The zero-order chi connectivity index (χ0) is 12.0. The van der Waals surface area contributed by atoms with Gasteiger partial charge in [0.25, 0.3) is 0 Å². The molecule has 0 aliphatic rings. The molecule has 1 aromatic rings. The number of H-pyrrole nitrogens is 1. The Morgan fingerprint density at radius 2 is 2.19 bits per heavy atom. The van der Waals surface area contributed by atoms with Crippen LogP contribution in [0, 0.1) is 0 Å². The van der Waals surface area contributed by atoms with Crippen LogP contribution in [0.15, 0.2) is 12.4 Å². The molecule has 90 valence electrons. The van der Waals surface area contributed by atoms with Crippen LogP contribution in [-0.2, 0) is 6.42 Å². The molecule has 0 radical (unpaired) electrons. The summed E-state index contributed by atoms with van der Waals surface area (Å²) in [5, 5.41) is 3.98. The Kier molecular flexibility index (Phi) is 4.15. The van der Waals surface area contributed by atoms with Crippen LogP contribution in [0.4, 0.5) is 18.0 Å². The van der Waals surface area contributed by atoms with Gasteiger partial charge in [-0.15, -0.1) is 0 Å². The van der Waals surface area contributed by atoms with Gasteiger partial charge in [0.1, 0.15) is 12.4 Å². The first-order valence-corrected chi connectivity index (χ1v) is 4.54. The lowest BCUT2D eigenvalue weighted by Gasteiger charge is -2.09.